The van der Waals surface area contributed by atoms with Crippen molar-refractivity contribution in [3.63, 3.8) is 0 Å². The summed E-state index contributed by atoms with van der Waals surface area (Å²) in [7, 11) is -4.20. The van der Waals surface area contributed by atoms with Crippen LogP contribution >= 0.6 is 11.6 Å². The molecule has 1 atom stereocenters. The van der Waals surface area contributed by atoms with Crippen molar-refractivity contribution in [1.82, 2.24) is 9.62 Å². The van der Waals surface area contributed by atoms with Gasteiger partial charge in [0.1, 0.15) is 10.8 Å². The van der Waals surface area contributed by atoms with Crippen molar-refractivity contribution in [2.24, 2.45) is 0 Å². The van der Waals surface area contributed by atoms with Gasteiger partial charge < -0.3 is 9.73 Å². The van der Waals surface area contributed by atoms with Crippen LogP contribution in [0, 0.1) is 10.1 Å². The minimum absolute atomic E-state index is 0.0890. The standard InChI is InChI=1S/C24H24ClN3O6S/c25-21-11-10-19(15-23(21)28(30)31)35(32,33)27(16-18-7-4-14-34-18)13-12-24(29)26-22-9-3-6-17-5-1-2-8-20(17)22/h1-2,4-5,7-8,10-11,14-15,22H,3,6,9,12-13,16H2,(H,26,29). The first-order valence-electron chi connectivity index (χ1n) is 11.1. The number of hydrogen-bond donors (Lipinski definition) is 1. The summed E-state index contributed by atoms with van der Waals surface area (Å²) in [5.74, 6) is 0.0899. The van der Waals surface area contributed by atoms with Gasteiger partial charge in [-0.05, 0) is 54.7 Å². The summed E-state index contributed by atoms with van der Waals surface area (Å²) in [5.41, 5.74) is 1.77. The molecule has 1 heterocycles. The maximum atomic E-state index is 13.4. The highest BCUT2D eigenvalue weighted by Gasteiger charge is 2.29. The van der Waals surface area contributed by atoms with E-state index in [-0.39, 0.29) is 41.4 Å². The predicted octanol–water partition coefficient (Wildman–Crippen LogP) is 4.62. The van der Waals surface area contributed by atoms with E-state index in [4.69, 9.17) is 16.0 Å². The Morgan fingerprint density at radius 2 is 2.00 bits per heavy atom. The predicted molar refractivity (Wildman–Crippen MR) is 129 cm³/mol. The molecule has 3 aromatic rings. The number of carbonyl (C=O) groups is 1. The van der Waals surface area contributed by atoms with Crippen LogP contribution in [0.15, 0.2) is 70.2 Å². The van der Waals surface area contributed by atoms with E-state index in [1.807, 2.05) is 18.2 Å². The second kappa shape index (κ2) is 10.6. The lowest BCUT2D eigenvalue weighted by molar-refractivity contribution is -0.384. The van der Waals surface area contributed by atoms with Crippen LogP contribution in [-0.2, 0) is 27.8 Å². The Hall–Kier alpha value is -3.21. The molecule has 2 aromatic carbocycles. The first kappa shape index (κ1) is 24.9. The SMILES string of the molecule is O=C(CCN(Cc1ccco1)S(=O)(=O)c1ccc(Cl)c([N+](=O)[O-])c1)NC1CCCc2ccccc21. The molecule has 1 amide bonds. The summed E-state index contributed by atoms with van der Waals surface area (Å²) >= 11 is 5.85. The van der Waals surface area contributed by atoms with Crippen LogP contribution in [0.1, 0.15) is 42.2 Å². The van der Waals surface area contributed by atoms with Gasteiger partial charge in [0, 0.05) is 19.0 Å². The van der Waals surface area contributed by atoms with Crippen molar-refractivity contribution in [3.8, 4) is 0 Å². The number of nitrogens with one attached hydrogen (secondary N) is 1. The van der Waals surface area contributed by atoms with Crippen LogP contribution in [-0.4, -0.2) is 30.1 Å². The first-order chi connectivity index (χ1) is 16.8. The second-order valence-electron chi connectivity index (χ2n) is 8.25. The van der Waals surface area contributed by atoms with Crippen LogP contribution in [0.25, 0.3) is 0 Å². The van der Waals surface area contributed by atoms with Crippen molar-refractivity contribution in [2.75, 3.05) is 6.54 Å². The number of amides is 1. The molecular formula is C24H24ClN3O6S. The normalized spacial score (nSPS) is 15.5. The fourth-order valence-electron chi connectivity index (χ4n) is 4.20. The van der Waals surface area contributed by atoms with Crippen LogP contribution in [0.4, 0.5) is 5.69 Å². The minimum atomic E-state index is -4.20. The maximum Gasteiger partial charge on any atom is 0.289 e. The van der Waals surface area contributed by atoms with E-state index in [0.29, 0.717) is 5.76 Å². The third kappa shape index (κ3) is 5.72. The van der Waals surface area contributed by atoms with Crippen LogP contribution < -0.4 is 5.32 Å². The quantitative estimate of drug-likeness (QED) is 0.326. The van der Waals surface area contributed by atoms with E-state index < -0.39 is 20.6 Å². The van der Waals surface area contributed by atoms with Gasteiger partial charge in [-0.25, -0.2) is 8.42 Å². The van der Waals surface area contributed by atoms with Crippen molar-refractivity contribution < 1.29 is 22.6 Å². The first-order valence-corrected chi connectivity index (χ1v) is 12.9. The third-order valence-electron chi connectivity index (χ3n) is 5.96. The topological polar surface area (TPSA) is 123 Å². The number of halogens is 1. The number of carbonyl (C=O) groups excluding carboxylic acids is 1. The average molecular weight is 518 g/mol. The third-order valence-corrected chi connectivity index (χ3v) is 8.12. The fourth-order valence-corrected chi connectivity index (χ4v) is 5.81. The zero-order chi connectivity index (χ0) is 25.0. The molecule has 1 aliphatic carbocycles. The highest BCUT2D eigenvalue weighted by molar-refractivity contribution is 7.89. The van der Waals surface area contributed by atoms with Gasteiger partial charge >= 0.3 is 0 Å². The van der Waals surface area contributed by atoms with Gasteiger partial charge in [0.25, 0.3) is 5.69 Å². The Labute approximate surface area is 207 Å². The highest BCUT2D eigenvalue weighted by atomic mass is 35.5. The average Bonchev–Trinajstić information content (AvgIpc) is 3.35. The van der Waals surface area contributed by atoms with Crippen LogP contribution in [0.2, 0.25) is 5.02 Å². The summed E-state index contributed by atoms with van der Waals surface area (Å²) in [6, 6.07) is 14.4. The Morgan fingerprint density at radius 3 is 2.74 bits per heavy atom. The number of aryl methyl sites for hydroxylation is 1. The van der Waals surface area contributed by atoms with Gasteiger partial charge in [0.15, 0.2) is 0 Å². The van der Waals surface area contributed by atoms with E-state index in [0.717, 1.165) is 35.2 Å². The zero-order valence-electron chi connectivity index (χ0n) is 18.7. The van der Waals surface area contributed by atoms with Gasteiger partial charge in [-0.3, -0.25) is 14.9 Å². The van der Waals surface area contributed by atoms with Crippen LogP contribution in [0.3, 0.4) is 0 Å². The monoisotopic (exact) mass is 517 g/mol. The summed E-state index contributed by atoms with van der Waals surface area (Å²) in [6.07, 6.45) is 4.06. The number of fused-ring (bicyclic) bond motifs is 1. The molecule has 0 saturated heterocycles. The molecule has 0 saturated carbocycles. The Morgan fingerprint density at radius 1 is 1.20 bits per heavy atom. The van der Waals surface area contributed by atoms with Crippen molar-refractivity contribution in [1.29, 1.82) is 0 Å². The molecule has 0 bridgehead atoms. The number of benzene rings is 2. The van der Waals surface area contributed by atoms with Crippen molar-refractivity contribution in [2.45, 2.75) is 43.2 Å². The van der Waals surface area contributed by atoms with Crippen molar-refractivity contribution >= 4 is 33.2 Å². The highest BCUT2D eigenvalue weighted by Crippen LogP contribution is 2.31. The molecule has 1 N–H and O–H groups in total. The lowest BCUT2D eigenvalue weighted by atomic mass is 9.88. The Kier molecular flexibility index (Phi) is 7.54. The van der Waals surface area contributed by atoms with Gasteiger partial charge in [-0.1, -0.05) is 35.9 Å². The number of sulfonamides is 1. The Bertz CT molecular complexity index is 1330. The molecule has 1 aromatic heterocycles. The molecule has 1 unspecified atom stereocenters. The van der Waals surface area contributed by atoms with E-state index in [1.165, 1.54) is 24.0 Å². The van der Waals surface area contributed by atoms with E-state index in [9.17, 15) is 23.3 Å². The second-order valence-corrected chi connectivity index (χ2v) is 10.6. The lowest BCUT2D eigenvalue weighted by Gasteiger charge is -2.27. The van der Waals surface area contributed by atoms with E-state index in [2.05, 4.69) is 11.4 Å². The number of rotatable bonds is 9. The van der Waals surface area contributed by atoms with Gasteiger partial charge in [-0.15, -0.1) is 0 Å². The number of hydrogen-bond acceptors (Lipinski definition) is 6. The molecule has 0 radical (unpaired) electrons. The number of nitro benzene ring substituents is 1. The molecule has 0 spiro atoms. The molecule has 4 rings (SSSR count). The molecule has 184 valence electrons. The molecule has 0 aliphatic heterocycles. The summed E-state index contributed by atoms with van der Waals surface area (Å²) in [6.45, 7) is -0.273. The Balaban J connectivity index is 1.52. The van der Waals surface area contributed by atoms with Crippen LogP contribution in [0.5, 0.6) is 0 Å². The number of nitro groups is 1. The van der Waals surface area contributed by atoms with Gasteiger partial charge in [-0.2, -0.15) is 4.31 Å². The molecule has 35 heavy (non-hydrogen) atoms. The van der Waals surface area contributed by atoms with E-state index in [1.54, 1.807) is 12.1 Å². The number of nitrogens with zero attached hydrogens (tertiary/aromatic N) is 2. The zero-order valence-corrected chi connectivity index (χ0v) is 20.3. The smallest absolute Gasteiger partial charge is 0.289 e. The maximum absolute atomic E-state index is 13.4. The van der Waals surface area contributed by atoms with Crippen molar-refractivity contribution in [3.05, 3.63) is 92.9 Å². The number of furan rings is 1. The summed E-state index contributed by atoms with van der Waals surface area (Å²) in [5, 5.41) is 14.1. The largest absolute Gasteiger partial charge is 0.468 e. The lowest BCUT2D eigenvalue weighted by Crippen LogP contribution is -2.36. The van der Waals surface area contributed by atoms with Gasteiger partial charge in [0.05, 0.1) is 28.7 Å². The summed E-state index contributed by atoms with van der Waals surface area (Å²) in [4.78, 5) is 23.0. The van der Waals surface area contributed by atoms with Gasteiger partial charge in [0.2, 0.25) is 15.9 Å². The summed E-state index contributed by atoms with van der Waals surface area (Å²) < 4.78 is 33.2. The molecular weight excluding hydrogens is 494 g/mol. The molecule has 11 heteroatoms. The fraction of sp³-hybridized carbons (Fsp3) is 0.292. The van der Waals surface area contributed by atoms with E-state index >= 15 is 0 Å². The molecule has 1 aliphatic rings. The molecule has 0 fully saturated rings. The molecule has 9 nitrogen and oxygen atoms in total. The minimum Gasteiger partial charge on any atom is -0.468 e.